The van der Waals surface area contributed by atoms with E-state index in [2.05, 4.69) is 30.0 Å². The van der Waals surface area contributed by atoms with Gasteiger partial charge in [0.05, 0.1) is 18.4 Å². The summed E-state index contributed by atoms with van der Waals surface area (Å²) in [6.45, 7) is 2.17. The molecule has 5 rings (SSSR count). The van der Waals surface area contributed by atoms with Crippen LogP contribution >= 0.6 is 0 Å². The number of aromatic amines is 1. The zero-order valence-electron chi connectivity index (χ0n) is 20.1. The van der Waals surface area contributed by atoms with Gasteiger partial charge in [0.1, 0.15) is 17.4 Å². The number of carbonyl (C=O) groups excluding carboxylic acids is 1. The second-order valence-electron chi connectivity index (χ2n) is 8.41. The van der Waals surface area contributed by atoms with Crippen molar-refractivity contribution in [1.82, 2.24) is 19.9 Å². The van der Waals surface area contributed by atoms with Gasteiger partial charge in [0.2, 0.25) is 5.95 Å². The van der Waals surface area contributed by atoms with Crippen LogP contribution in [0.3, 0.4) is 0 Å². The molecule has 0 bridgehead atoms. The molecule has 0 saturated heterocycles. The average Bonchev–Trinajstić information content (AvgIpc) is 3.36. The van der Waals surface area contributed by atoms with Crippen LogP contribution in [-0.2, 0) is 6.54 Å². The summed E-state index contributed by atoms with van der Waals surface area (Å²) in [5.41, 5.74) is 3.54. The molecule has 1 aliphatic rings. The topological polar surface area (TPSA) is 99.3 Å². The minimum atomic E-state index is -4.82. The first-order valence-electron chi connectivity index (χ1n) is 11.2. The molecule has 0 saturated carbocycles. The minimum Gasteiger partial charge on any atom is -0.405 e. The lowest BCUT2D eigenvalue weighted by Crippen LogP contribution is -2.46. The largest absolute Gasteiger partial charge is 0.573 e. The number of hydrogen-bond donors (Lipinski definition) is 2. The first-order valence-corrected chi connectivity index (χ1v) is 11.2. The first kappa shape index (κ1) is 24.1. The van der Waals surface area contributed by atoms with Crippen molar-refractivity contribution in [3.05, 3.63) is 66.0 Å². The zero-order chi connectivity index (χ0) is 26.3. The van der Waals surface area contributed by atoms with Gasteiger partial charge in [-0.3, -0.25) is 9.80 Å². The van der Waals surface area contributed by atoms with Gasteiger partial charge in [-0.25, -0.2) is 14.8 Å². The number of fused-ring (bicyclic) bond motifs is 1. The fourth-order valence-corrected chi connectivity index (χ4v) is 4.17. The molecule has 0 spiro atoms. The normalized spacial score (nSPS) is 13.5. The van der Waals surface area contributed by atoms with Crippen LogP contribution in [0.25, 0.3) is 22.6 Å². The summed E-state index contributed by atoms with van der Waals surface area (Å²) < 4.78 is 42.8. The summed E-state index contributed by atoms with van der Waals surface area (Å²) in [7, 11) is 3.35. The van der Waals surface area contributed by atoms with Gasteiger partial charge in [0, 0.05) is 42.7 Å². The molecule has 2 amide bonds. The van der Waals surface area contributed by atoms with Crippen LogP contribution < -0.4 is 19.9 Å². The van der Waals surface area contributed by atoms with Gasteiger partial charge in [0.15, 0.2) is 0 Å². The molecule has 9 nitrogen and oxygen atoms in total. The Labute approximate surface area is 209 Å². The molecular formula is C25H22F3N7O2. The number of halogens is 3. The van der Waals surface area contributed by atoms with Gasteiger partial charge in [-0.2, -0.15) is 4.98 Å². The molecule has 4 aromatic rings. The zero-order valence-corrected chi connectivity index (χ0v) is 20.1. The molecule has 0 fully saturated rings. The maximum atomic E-state index is 13.3. The minimum absolute atomic E-state index is 0.219. The number of aryl methyl sites for hydroxylation is 1. The lowest BCUT2D eigenvalue weighted by molar-refractivity contribution is -0.274. The number of nitrogens with one attached hydrogen (secondary N) is 2. The number of carbonyl (C=O) groups is 1. The molecule has 0 unspecified atom stereocenters. The van der Waals surface area contributed by atoms with Gasteiger partial charge >= 0.3 is 12.4 Å². The number of imidazole rings is 1. The van der Waals surface area contributed by atoms with Crippen molar-refractivity contribution in [3.8, 4) is 28.4 Å². The van der Waals surface area contributed by atoms with Crippen molar-refractivity contribution in [2.45, 2.75) is 19.8 Å². The standard InChI is InChI=1S/C25H22F3N7O2/c1-14-8-9-15(21-30-12-18(32-21)17-6-4-5-7-20(17)37-25(26,27)28)10-19(14)35-13-16-11-31-23(29-2)33-22(16)34(3)24(35)36/h4-12H,13H2,1-3H3,(H,30,32)(H,29,31,33). The summed E-state index contributed by atoms with van der Waals surface area (Å²) in [4.78, 5) is 32.5. The lowest BCUT2D eigenvalue weighted by atomic mass is 10.1. The molecule has 1 aliphatic heterocycles. The predicted molar refractivity (Wildman–Crippen MR) is 132 cm³/mol. The molecule has 0 aliphatic carbocycles. The highest BCUT2D eigenvalue weighted by Crippen LogP contribution is 2.36. The molecule has 0 radical (unpaired) electrons. The van der Waals surface area contributed by atoms with Crippen molar-refractivity contribution in [2.24, 2.45) is 0 Å². The Bertz CT molecular complexity index is 1490. The predicted octanol–water partition coefficient (Wildman–Crippen LogP) is 5.36. The molecule has 2 N–H and O–H groups in total. The molecule has 0 atom stereocenters. The number of benzene rings is 2. The van der Waals surface area contributed by atoms with E-state index in [-0.39, 0.29) is 23.9 Å². The summed E-state index contributed by atoms with van der Waals surface area (Å²) in [5.74, 6) is 1.04. The van der Waals surface area contributed by atoms with Gasteiger partial charge < -0.3 is 15.0 Å². The number of nitrogens with zero attached hydrogens (tertiary/aromatic N) is 5. The molecule has 2 aromatic carbocycles. The molecule has 190 valence electrons. The van der Waals surface area contributed by atoms with Crippen LogP contribution in [0.5, 0.6) is 5.75 Å². The van der Waals surface area contributed by atoms with Crippen LogP contribution in [0.1, 0.15) is 11.1 Å². The van der Waals surface area contributed by atoms with Crippen molar-refractivity contribution < 1.29 is 22.7 Å². The Morgan fingerprint density at radius 2 is 1.89 bits per heavy atom. The molecule has 2 aromatic heterocycles. The quantitative estimate of drug-likeness (QED) is 0.376. The Hall–Kier alpha value is -4.61. The third kappa shape index (κ3) is 4.65. The van der Waals surface area contributed by atoms with E-state index in [4.69, 9.17) is 0 Å². The van der Waals surface area contributed by atoms with Crippen molar-refractivity contribution in [3.63, 3.8) is 0 Å². The van der Waals surface area contributed by atoms with Crippen molar-refractivity contribution in [1.29, 1.82) is 0 Å². The van der Waals surface area contributed by atoms with Gasteiger partial charge in [-0.15, -0.1) is 13.2 Å². The number of rotatable bonds is 5. The summed E-state index contributed by atoms with van der Waals surface area (Å²) in [6, 6.07) is 11.1. The Morgan fingerprint density at radius 1 is 1.11 bits per heavy atom. The number of anilines is 3. The fraction of sp³-hybridized carbons (Fsp3) is 0.200. The van der Waals surface area contributed by atoms with Gasteiger partial charge in [0.25, 0.3) is 0 Å². The lowest BCUT2D eigenvalue weighted by Gasteiger charge is -2.34. The van der Waals surface area contributed by atoms with E-state index in [1.54, 1.807) is 31.3 Å². The van der Waals surface area contributed by atoms with E-state index in [9.17, 15) is 18.0 Å². The maximum Gasteiger partial charge on any atom is 0.573 e. The molecule has 12 heteroatoms. The van der Waals surface area contributed by atoms with E-state index < -0.39 is 6.36 Å². The third-order valence-electron chi connectivity index (χ3n) is 5.98. The molecule has 37 heavy (non-hydrogen) atoms. The first-order chi connectivity index (χ1) is 17.6. The number of alkyl halides is 3. The number of para-hydroxylation sites is 1. The molecular weight excluding hydrogens is 487 g/mol. The summed E-state index contributed by atoms with van der Waals surface area (Å²) in [5, 5.41) is 2.87. The smallest absolute Gasteiger partial charge is 0.405 e. The Kier molecular flexibility index (Phi) is 5.94. The van der Waals surface area contributed by atoms with Crippen LogP contribution in [0.4, 0.5) is 35.4 Å². The molecule has 3 heterocycles. The van der Waals surface area contributed by atoms with Crippen LogP contribution in [0.15, 0.2) is 54.9 Å². The van der Waals surface area contributed by atoms with E-state index in [0.717, 1.165) is 11.1 Å². The number of amides is 2. The summed E-state index contributed by atoms with van der Waals surface area (Å²) >= 11 is 0. The number of ether oxygens (including phenoxy) is 1. The SMILES string of the molecule is CNc1ncc2c(n1)N(C)C(=O)N(c1cc(-c3ncc(-c4ccccc4OC(F)(F)F)[nH]3)ccc1C)C2. The fourth-order valence-electron chi connectivity index (χ4n) is 4.17. The van der Waals surface area contributed by atoms with Crippen LogP contribution in [0, 0.1) is 6.92 Å². The maximum absolute atomic E-state index is 13.3. The number of aromatic nitrogens is 4. The second-order valence-corrected chi connectivity index (χ2v) is 8.41. The van der Waals surface area contributed by atoms with E-state index in [0.29, 0.717) is 34.5 Å². The number of hydrogen-bond acceptors (Lipinski definition) is 6. The van der Waals surface area contributed by atoms with E-state index >= 15 is 0 Å². The Balaban J connectivity index is 1.48. The monoisotopic (exact) mass is 509 g/mol. The summed E-state index contributed by atoms with van der Waals surface area (Å²) in [6.07, 6.45) is -1.69. The highest BCUT2D eigenvalue weighted by atomic mass is 19.4. The van der Waals surface area contributed by atoms with E-state index in [1.165, 1.54) is 29.3 Å². The van der Waals surface area contributed by atoms with Crippen LogP contribution in [-0.4, -0.2) is 46.4 Å². The second kappa shape index (κ2) is 9.12. The third-order valence-corrected chi connectivity index (χ3v) is 5.98. The van der Waals surface area contributed by atoms with E-state index in [1.807, 2.05) is 25.1 Å². The Morgan fingerprint density at radius 3 is 2.65 bits per heavy atom. The van der Waals surface area contributed by atoms with Gasteiger partial charge in [-0.1, -0.05) is 24.3 Å². The highest BCUT2D eigenvalue weighted by molar-refractivity contribution is 6.05. The highest BCUT2D eigenvalue weighted by Gasteiger charge is 2.33. The average molecular weight is 509 g/mol. The van der Waals surface area contributed by atoms with Crippen LogP contribution in [0.2, 0.25) is 0 Å². The van der Waals surface area contributed by atoms with Crippen molar-refractivity contribution in [2.75, 3.05) is 29.2 Å². The number of H-pyrrole nitrogens is 1. The van der Waals surface area contributed by atoms with Crippen molar-refractivity contribution >= 4 is 23.5 Å². The van der Waals surface area contributed by atoms with Gasteiger partial charge in [-0.05, 0) is 30.7 Å². The number of urea groups is 1.